The van der Waals surface area contributed by atoms with Gasteiger partial charge in [-0.3, -0.25) is 4.79 Å². The molecule has 0 spiro atoms. The van der Waals surface area contributed by atoms with E-state index in [1.165, 1.54) is 37.7 Å². The lowest BCUT2D eigenvalue weighted by atomic mass is 9.83. The average Bonchev–Trinajstić information content (AvgIpc) is 2.70. The van der Waals surface area contributed by atoms with Crippen molar-refractivity contribution in [2.45, 2.75) is 58.0 Å². The Hall–Kier alpha value is -2.53. The molecule has 2 rings (SSSR count). The number of aliphatic hydroxyl groups excluding tert-OH is 1. The van der Waals surface area contributed by atoms with E-state index in [4.69, 9.17) is 16.2 Å². The van der Waals surface area contributed by atoms with Crippen molar-refractivity contribution in [2.75, 3.05) is 18.1 Å². The van der Waals surface area contributed by atoms with Gasteiger partial charge in [-0.25, -0.2) is 0 Å². The fourth-order valence-corrected chi connectivity index (χ4v) is 3.68. The first-order valence-electron chi connectivity index (χ1n) is 10.4. The van der Waals surface area contributed by atoms with Crippen molar-refractivity contribution >= 4 is 17.3 Å². The highest BCUT2D eigenvalue weighted by Gasteiger charge is 2.17. The molecule has 1 unspecified atom stereocenters. The molecule has 1 aliphatic rings. The second-order valence-corrected chi connectivity index (χ2v) is 7.68. The predicted molar refractivity (Wildman–Crippen MR) is 119 cm³/mol. The molecular formula is C24H34N2O3. The fourth-order valence-electron chi connectivity index (χ4n) is 3.68. The Morgan fingerprint density at radius 3 is 2.66 bits per heavy atom. The Morgan fingerprint density at radius 2 is 2.00 bits per heavy atom. The monoisotopic (exact) mass is 398 g/mol. The van der Waals surface area contributed by atoms with Gasteiger partial charge in [0.15, 0.2) is 0 Å². The van der Waals surface area contributed by atoms with Crippen LogP contribution in [0, 0.1) is 5.92 Å². The van der Waals surface area contributed by atoms with E-state index >= 15 is 0 Å². The summed E-state index contributed by atoms with van der Waals surface area (Å²) in [4.78, 5) is 12.0. The summed E-state index contributed by atoms with van der Waals surface area (Å²) in [5.41, 5.74) is 15.4. The third-order valence-corrected chi connectivity index (χ3v) is 5.49. The molecule has 5 nitrogen and oxygen atoms in total. The minimum Gasteiger partial charge on any atom is -0.465 e. The summed E-state index contributed by atoms with van der Waals surface area (Å²) in [6.07, 6.45) is 11.7. The number of carbonyl (C=O) groups is 1. The topological polar surface area (TPSA) is 98.6 Å². The van der Waals surface area contributed by atoms with Crippen molar-refractivity contribution in [1.29, 1.82) is 0 Å². The first-order valence-corrected chi connectivity index (χ1v) is 10.4. The maximum Gasteiger partial charge on any atom is 0.308 e. The van der Waals surface area contributed by atoms with Gasteiger partial charge in [-0.1, -0.05) is 50.1 Å². The molecule has 1 saturated carbocycles. The lowest BCUT2D eigenvalue weighted by Gasteiger charge is -2.22. The van der Waals surface area contributed by atoms with Crippen LogP contribution in [0.5, 0.6) is 0 Å². The normalized spacial score (nSPS) is 16.7. The molecule has 1 aromatic rings. The molecule has 1 fully saturated rings. The number of carbonyl (C=O) groups excluding carboxylic acids is 1. The van der Waals surface area contributed by atoms with E-state index in [0.717, 1.165) is 5.56 Å². The number of hydrogen-bond donors (Lipinski definition) is 3. The molecular weight excluding hydrogens is 364 g/mol. The van der Waals surface area contributed by atoms with Crippen LogP contribution in [0.2, 0.25) is 0 Å². The van der Waals surface area contributed by atoms with E-state index in [-0.39, 0.29) is 13.0 Å². The molecule has 0 aromatic heterocycles. The smallest absolute Gasteiger partial charge is 0.308 e. The molecule has 1 aromatic carbocycles. The van der Waals surface area contributed by atoms with Gasteiger partial charge in [-0.2, -0.15) is 0 Å². The molecule has 158 valence electrons. The average molecular weight is 399 g/mol. The summed E-state index contributed by atoms with van der Waals surface area (Å²) < 4.78 is 5.23. The standard InChI is InChI=1S/C24H34N2O3/c1-3-18(19-7-5-4-6-8-19)10-9-17(2)23(27)16-24(28)29-14-13-20-11-12-21(25)15-22(20)26/h3,9-12,15,19,23,27H,2,4-8,13-14,16,25-26H2,1H3/b10-9-,18-3+. The number of nitrogen functional groups attached to an aromatic ring is 2. The number of esters is 1. The summed E-state index contributed by atoms with van der Waals surface area (Å²) in [6.45, 7) is 6.15. The quantitative estimate of drug-likeness (QED) is 0.327. The lowest BCUT2D eigenvalue weighted by Crippen LogP contribution is -2.18. The zero-order valence-electron chi connectivity index (χ0n) is 17.4. The molecule has 29 heavy (non-hydrogen) atoms. The number of benzene rings is 1. The van der Waals surface area contributed by atoms with E-state index < -0.39 is 12.1 Å². The first-order chi connectivity index (χ1) is 13.9. The van der Waals surface area contributed by atoms with Crippen LogP contribution in [-0.4, -0.2) is 23.8 Å². The Morgan fingerprint density at radius 1 is 1.28 bits per heavy atom. The summed E-state index contributed by atoms with van der Waals surface area (Å²) in [5.74, 6) is 0.125. The zero-order valence-corrected chi connectivity index (χ0v) is 17.4. The molecule has 1 aliphatic carbocycles. The molecule has 0 aliphatic heterocycles. The van der Waals surface area contributed by atoms with Crippen LogP contribution in [-0.2, 0) is 16.0 Å². The number of allylic oxidation sites excluding steroid dienone is 3. The van der Waals surface area contributed by atoms with Gasteiger partial charge in [0.1, 0.15) is 0 Å². The summed E-state index contributed by atoms with van der Waals surface area (Å²) in [7, 11) is 0. The van der Waals surface area contributed by atoms with E-state index in [1.807, 2.05) is 25.1 Å². The molecule has 0 amide bonds. The lowest BCUT2D eigenvalue weighted by molar-refractivity contribution is -0.145. The highest BCUT2D eigenvalue weighted by Crippen LogP contribution is 2.30. The Bertz CT molecular complexity index is 761. The maximum atomic E-state index is 12.0. The van der Waals surface area contributed by atoms with Crippen molar-refractivity contribution in [2.24, 2.45) is 5.92 Å². The van der Waals surface area contributed by atoms with Gasteiger partial charge in [-0.15, -0.1) is 0 Å². The van der Waals surface area contributed by atoms with Gasteiger partial charge in [0.2, 0.25) is 0 Å². The number of nitrogens with two attached hydrogens (primary N) is 2. The van der Waals surface area contributed by atoms with E-state index in [1.54, 1.807) is 12.1 Å². The van der Waals surface area contributed by atoms with Crippen LogP contribution in [0.4, 0.5) is 11.4 Å². The summed E-state index contributed by atoms with van der Waals surface area (Å²) in [6, 6.07) is 5.27. The molecule has 1 atom stereocenters. The summed E-state index contributed by atoms with van der Waals surface area (Å²) in [5, 5.41) is 10.3. The van der Waals surface area contributed by atoms with Crippen molar-refractivity contribution in [3.8, 4) is 0 Å². The minimum atomic E-state index is -0.954. The molecule has 5 heteroatoms. The Kier molecular flexibility index (Phi) is 9.00. The van der Waals surface area contributed by atoms with Crippen LogP contribution in [0.25, 0.3) is 0 Å². The van der Waals surface area contributed by atoms with Gasteiger partial charge in [-0.05, 0) is 54.5 Å². The fraction of sp³-hybridized carbons (Fsp3) is 0.458. The molecule has 0 bridgehead atoms. The van der Waals surface area contributed by atoms with Crippen molar-refractivity contribution in [1.82, 2.24) is 0 Å². The third kappa shape index (κ3) is 7.42. The second kappa shape index (κ2) is 11.5. The van der Waals surface area contributed by atoms with E-state index in [2.05, 4.69) is 12.7 Å². The van der Waals surface area contributed by atoms with Crippen molar-refractivity contribution in [3.63, 3.8) is 0 Å². The van der Waals surface area contributed by atoms with E-state index in [9.17, 15) is 9.90 Å². The number of rotatable bonds is 9. The molecule has 0 radical (unpaired) electrons. The first kappa shape index (κ1) is 22.8. The minimum absolute atomic E-state index is 0.116. The van der Waals surface area contributed by atoms with Gasteiger partial charge < -0.3 is 21.3 Å². The van der Waals surface area contributed by atoms with Crippen LogP contribution in [0.15, 0.2) is 54.2 Å². The molecule has 0 heterocycles. The largest absolute Gasteiger partial charge is 0.465 e. The van der Waals surface area contributed by atoms with Crippen molar-refractivity contribution < 1.29 is 14.6 Å². The van der Waals surface area contributed by atoms with Gasteiger partial charge in [0, 0.05) is 17.8 Å². The van der Waals surface area contributed by atoms with E-state index in [0.29, 0.717) is 29.3 Å². The Balaban J connectivity index is 1.76. The molecule has 5 N–H and O–H groups in total. The number of hydrogen-bond acceptors (Lipinski definition) is 5. The number of aliphatic hydroxyl groups is 1. The van der Waals surface area contributed by atoms with Crippen LogP contribution in [0.1, 0.15) is 51.0 Å². The molecule has 0 saturated heterocycles. The van der Waals surface area contributed by atoms with Crippen molar-refractivity contribution in [3.05, 3.63) is 59.7 Å². The number of anilines is 2. The third-order valence-electron chi connectivity index (χ3n) is 5.49. The van der Waals surface area contributed by atoms with Gasteiger partial charge >= 0.3 is 5.97 Å². The highest BCUT2D eigenvalue weighted by atomic mass is 16.5. The van der Waals surface area contributed by atoms with Gasteiger partial charge in [0.25, 0.3) is 0 Å². The van der Waals surface area contributed by atoms with Gasteiger partial charge in [0.05, 0.1) is 19.1 Å². The maximum absolute atomic E-state index is 12.0. The summed E-state index contributed by atoms with van der Waals surface area (Å²) >= 11 is 0. The SMILES string of the molecule is C=C(/C=C\C(=C/C)C1CCCCC1)C(O)CC(=O)OCCc1ccc(N)cc1N. The highest BCUT2D eigenvalue weighted by molar-refractivity contribution is 5.70. The van der Waals surface area contributed by atoms with Crippen LogP contribution >= 0.6 is 0 Å². The second-order valence-electron chi connectivity index (χ2n) is 7.68. The number of ether oxygens (including phenoxy) is 1. The Labute approximate surface area is 174 Å². The zero-order chi connectivity index (χ0) is 21.2. The van der Waals surface area contributed by atoms with Crippen LogP contribution < -0.4 is 11.5 Å². The predicted octanol–water partition coefficient (Wildman–Crippen LogP) is 4.33. The van der Waals surface area contributed by atoms with Crippen LogP contribution in [0.3, 0.4) is 0 Å².